The summed E-state index contributed by atoms with van der Waals surface area (Å²) in [5, 5.41) is 2.69. The van der Waals surface area contributed by atoms with E-state index in [9.17, 15) is 0 Å². The Morgan fingerprint density at radius 2 is 1.75 bits per heavy atom. The minimum atomic E-state index is 1.13. The Bertz CT molecular complexity index is 862. The predicted molar refractivity (Wildman–Crippen MR) is 86.8 cm³/mol. The van der Waals surface area contributed by atoms with Crippen molar-refractivity contribution in [3.63, 3.8) is 0 Å². The lowest BCUT2D eigenvalue weighted by atomic mass is 10.1. The number of fused-ring (bicyclic) bond motifs is 3. The average Bonchev–Trinajstić information content (AvgIpc) is 2.82. The van der Waals surface area contributed by atoms with E-state index in [-0.39, 0.29) is 0 Å². The van der Waals surface area contributed by atoms with Crippen molar-refractivity contribution in [2.75, 3.05) is 0 Å². The van der Waals surface area contributed by atoms with Crippen LogP contribution in [0.4, 0.5) is 0 Å². The van der Waals surface area contributed by atoms with Gasteiger partial charge in [0.15, 0.2) is 0 Å². The molecule has 1 aliphatic carbocycles. The third kappa shape index (κ3) is 1.63. The van der Waals surface area contributed by atoms with Crippen molar-refractivity contribution >= 4 is 27.5 Å². The van der Waals surface area contributed by atoms with Crippen molar-refractivity contribution < 1.29 is 0 Å². The van der Waals surface area contributed by atoms with E-state index in [1.54, 1.807) is 0 Å². The molecule has 4 rings (SSSR count). The van der Waals surface area contributed by atoms with Crippen molar-refractivity contribution in [3.8, 4) is 0 Å². The average molecular weight is 259 g/mol. The summed E-state index contributed by atoms with van der Waals surface area (Å²) >= 11 is 0. The van der Waals surface area contributed by atoms with E-state index < -0.39 is 0 Å². The van der Waals surface area contributed by atoms with Crippen molar-refractivity contribution in [3.05, 3.63) is 66.3 Å². The van der Waals surface area contributed by atoms with Gasteiger partial charge in [-0.05, 0) is 44.0 Å². The summed E-state index contributed by atoms with van der Waals surface area (Å²) in [5.41, 5.74) is 5.21. The van der Waals surface area contributed by atoms with Gasteiger partial charge in [0.2, 0.25) is 0 Å². The Morgan fingerprint density at radius 1 is 0.900 bits per heavy atom. The molecule has 0 fully saturated rings. The van der Waals surface area contributed by atoms with Crippen LogP contribution in [0.5, 0.6) is 0 Å². The first-order valence-electron chi connectivity index (χ1n) is 7.21. The third-order valence-electron chi connectivity index (χ3n) is 4.06. The summed E-state index contributed by atoms with van der Waals surface area (Å²) in [6.45, 7) is 2.16. The lowest BCUT2D eigenvalue weighted by Crippen LogP contribution is -1.96. The fraction of sp³-hybridized carbons (Fsp3) is 0.158. The third-order valence-corrected chi connectivity index (χ3v) is 4.06. The van der Waals surface area contributed by atoms with Crippen LogP contribution in [-0.2, 0) is 0 Å². The fourth-order valence-corrected chi connectivity index (χ4v) is 3.13. The first-order chi connectivity index (χ1) is 9.84. The van der Waals surface area contributed by atoms with Gasteiger partial charge in [-0.25, -0.2) is 0 Å². The van der Waals surface area contributed by atoms with Gasteiger partial charge in [0, 0.05) is 16.5 Å². The molecule has 0 bridgehead atoms. The van der Waals surface area contributed by atoms with E-state index in [1.807, 2.05) is 0 Å². The molecule has 1 aromatic heterocycles. The van der Waals surface area contributed by atoms with E-state index in [0.29, 0.717) is 0 Å². The summed E-state index contributed by atoms with van der Waals surface area (Å²) < 4.78 is 2.39. The zero-order chi connectivity index (χ0) is 13.5. The molecule has 0 radical (unpaired) electrons. The van der Waals surface area contributed by atoms with Gasteiger partial charge in [0.05, 0.1) is 11.0 Å². The Labute approximate surface area is 118 Å². The van der Waals surface area contributed by atoms with Gasteiger partial charge < -0.3 is 4.57 Å². The van der Waals surface area contributed by atoms with E-state index in [1.165, 1.54) is 33.1 Å². The zero-order valence-corrected chi connectivity index (χ0v) is 11.6. The Kier molecular flexibility index (Phi) is 2.53. The second kappa shape index (κ2) is 4.38. The van der Waals surface area contributed by atoms with Crippen molar-refractivity contribution in [1.29, 1.82) is 0 Å². The highest BCUT2D eigenvalue weighted by molar-refractivity contribution is 6.10. The quantitative estimate of drug-likeness (QED) is 0.559. The maximum atomic E-state index is 2.39. The van der Waals surface area contributed by atoms with Gasteiger partial charge in [-0.15, -0.1) is 0 Å². The number of aryl methyl sites for hydroxylation is 1. The van der Waals surface area contributed by atoms with Crippen molar-refractivity contribution in [2.45, 2.75) is 19.8 Å². The van der Waals surface area contributed by atoms with Crippen molar-refractivity contribution in [1.82, 2.24) is 4.57 Å². The fourth-order valence-electron chi connectivity index (χ4n) is 3.13. The SMILES string of the molecule is Cc1ccc2c(c1)c1ccccc1n2C1=CCCC=C1. The summed E-state index contributed by atoms with van der Waals surface area (Å²) in [6, 6.07) is 15.4. The van der Waals surface area contributed by atoms with Crippen LogP contribution in [0, 0.1) is 6.92 Å². The molecule has 3 aromatic rings. The summed E-state index contributed by atoms with van der Waals surface area (Å²) in [7, 11) is 0. The van der Waals surface area contributed by atoms with Gasteiger partial charge in [0.1, 0.15) is 0 Å². The Morgan fingerprint density at radius 3 is 2.60 bits per heavy atom. The summed E-state index contributed by atoms with van der Waals surface area (Å²) in [5.74, 6) is 0. The predicted octanol–water partition coefficient (Wildman–Crippen LogP) is 5.29. The molecule has 0 N–H and O–H groups in total. The second-order valence-corrected chi connectivity index (χ2v) is 5.48. The summed E-state index contributed by atoms with van der Waals surface area (Å²) in [6.07, 6.45) is 9.14. The minimum absolute atomic E-state index is 1.13. The smallest absolute Gasteiger partial charge is 0.0541 e. The van der Waals surface area contributed by atoms with Gasteiger partial charge >= 0.3 is 0 Å². The van der Waals surface area contributed by atoms with Crippen LogP contribution in [0.15, 0.2) is 60.7 Å². The van der Waals surface area contributed by atoms with E-state index >= 15 is 0 Å². The molecule has 2 aromatic carbocycles. The molecule has 0 saturated carbocycles. The highest BCUT2D eigenvalue weighted by Gasteiger charge is 2.12. The Hall–Kier alpha value is -2.28. The monoisotopic (exact) mass is 259 g/mol. The largest absolute Gasteiger partial charge is 0.310 e. The van der Waals surface area contributed by atoms with Gasteiger partial charge in [0.25, 0.3) is 0 Å². The molecule has 0 amide bonds. The number of aromatic nitrogens is 1. The van der Waals surface area contributed by atoms with E-state index in [4.69, 9.17) is 0 Å². The highest BCUT2D eigenvalue weighted by atomic mass is 15.0. The first-order valence-corrected chi connectivity index (χ1v) is 7.21. The van der Waals surface area contributed by atoms with Crippen LogP contribution < -0.4 is 0 Å². The molecular weight excluding hydrogens is 242 g/mol. The van der Waals surface area contributed by atoms with E-state index in [2.05, 4.69) is 72.2 Å². The number of para-hydroxylation sites is 1. The van der Waals surface area contributed by atoms with Crippen molar-refractivity contribution in [2.24, 2.45) is 0 Å². The maximum absolute atomic E-state index is 2.39. The molecule has 20 heavy (non-hydrogen) atoms. The molecule has 0 saturated heterocycles. The minimum Gasteiger partial charge on any atom is -0.310 e. The molecule has 1 heteroatoms. The molecule has 1 heterocycles. The Balaban J connectivity index is 2.16. The van der Waals surface area contributed by atoms with Crippen LogP contribution in [-0.4, -0.2) is 4.57 Å². The number of hydrogen-bond acceptors (Lipinski definition) is 0. The number of rotatable bonds is 1. The normalized spacial score (nSPS) is 14.9. The van der Waals surface area contributed by atoms with Crippen LogP contribution >= 0.6 is 0 Å². The number of allylic oxidation sites excluding steroid dienone is 4. The van der Waals surface area contributed by atoms with Crippen LogP contribution in [0.2, 0.25) is 0 Å². The topological polar surface area (TPSA) is 4.93 Å². The van der Waals surface area contributed by atoms with Crippen LogP contribution in [0.3, 0.4) is 0 Å². The van der Waals surface area contributed by atoms with Gasteiger partial charge in [-0.3, -0.25) is 0 Å². The highest BCUT2D eigenvalue weighted by Crippen LogP contribution is 2.33. The molecule has 1 aliphatic rings. The molecule has 0 aliphatic heterocycles. The first kappa shape index (κ1) is 11.5. The standard InChI is InChI=1S/C19H17N/c1-14-11-12-19-17(13-14)16-9-5-6-10-18(16)20(19)15-7-3-2-4-8-15/h3,5-13H,2,4H2,1H3. The number of hydrogen-bond donors (Lipinski definition) is 0. The molecule has 98 valence electrons. The lowest BCUT2D eigenvalue weighted by molar-refractivity contribution is 1.02. The maximum Gasteiger partial charge on any atom is 0.0541 e. The van der Waals surface area contributed by atoms with Gasteiger partial charge in [-0.2, -0.15) is 0 Å². The zero-order valence-electron chi connectivity index (χ0n) is 11.6. The number of benzene rings is 2. The number of nitrogens with zero attached hydrogens (tertiary/aromatic N) is 1. The van der Waals surface area contributed by atoms with Crippen LogP contribution in [0.25, 0.3) is 27.5 Å². The summed E-state index contributed by atoms with van der Waals surface area (Å²) in [4.78, 5) is 0. The van der Waals surface area contributed by atoms with Gasteiger partial charge in [-0.1, -0.05) is 42.0 Å². The second-order valence-electron chi connectivity index (χ2n) is 5.48. The molecular formula is C19H17N. The van der Waals surface area contributed by atoms with E-state index in [0.717, 1.165) is 12.8 Å². The lowest BCUT2D eigenvalue weighted by Gasteiger charge is -2.11. The molecule has 0 spiro atoms. The molecule has 0 atom stereocenters. The molecule has 1 nitrogen and oxygen atoms in total. The van der Waals surface area contributed by atoms with Crippen LogP contribution in [0.1, 0.15) is 18.4 Å². The molecule has 0 unspecified atom stereocenters.